The van der Waals surface area contributed by atoms with Crippen molar-refractivity contribution < 1.29 is 9.53 Å². The molecule has 2 aromatic carbocycles. The summed E-state index contributed by atoms with van der Waals surface area (Å²) in [5.74, 6) is 2.33. The molecule has 2 aromatic rings. The van der Waals surface area contributed by atoms with Crippen molar-refractivity contribution in [2.45, 2.75) is 104 Å². The molecule has 0 aromatic heterocycles. The van der Waals surface area contributed by atoms with Gasteiger partial charge >= 0.3 is 5.97 Å². The first-order chi connectivity index (χ1) is 21.3. The van der Waals surface area contributed by atoms with Crippen molar-refractivity contribution in [3.63, 3.8) is 0 Å². The lowest BCUT2D eigenvalue weighted by molar-refractivity contribution is 0.00695. The van der Waals surface area contributed by atoms with Crippen LogP contribution in [0.5, 0.6) is 0 Å². The number of carbonyl (C=O) groups is 1. The highest BCUT2D eigenvalue weighted by Gasteiger charge is 2.28. The second-order valence-electron chi connectivity index (χ2n) is 12.8. The summed E-state index contributed by atoms with van der Waals surface area (Å²) in [4.78, 5) is 12.5. The van der Waals surface area contributed by atoms with Crippen LogP contribution in [-0.2, 0) is 17.6 Å². The van der Waals surface area contributed by atoms with Gasteiger partial charge in [0.05, 0.1) is 5.56 Å². The quantitative estimate of drug-likeness (QED) is 0.0627. The van der Waals surface area contributed by atoms with E-state index in [-0.39, 0.29) is 5.97 Å². The van der Waals surface area contributed by atoms with Crippen LogP contribution in [0.15, 0.2) is 77.9 Å². The van der Waals surface area contributed by atoms with E-state index in [1.165, 1.54) is 62.5 Å². The van der Waals surface area contributed by atoms with E-state index in [1.54, 1.807) is 11.1 Å². The Labute approximate surface area is 287 Å². The molecular weight excluding hydrogens is 637 g/mol. The Kier molecular flexibility index (Phi) is 18.0. The summed E-state index contributed by atoms with van der Waals surface area (Å²) in [6.07, 6.45) is 20.6. The first-order valence-electron chi connectivity index (χ1n) is 16.1. The molecule has 2 atom stereocenters. The third-order valence-electron chi connectivity index (χ3n) is 7.96. The maximum atomic E-state index is 12.5. The second kappa shape index (κ2) is 21.1. The number of benzene rings is 2. The Morgan fingerprint density at radius 1 is 0.886 bits per heavy atom. The molecule has 0 amide bonds. The topological polar surface area (TPSA) is 26.3 Å². The van der Waals surface area contributed by atoms with Crippen LogP contribution in [0.1, 0.15) is 107 Å². The van der Waals surface area contributed by atoms with Gasteiger partial charge in [0.1, 0.15) is 5.60 Å². The molecule has 1 fully saturated rings. The zero-order valence-electron chi connectivity index (χ0n) is 27.3. The molecule has 0 heterocycles. The van der Waals surface area contributed by atoms with Gasteiger partial charge in [0.15, 0.2) is 0 Å². The van der Waals surface area contributed by atoms with Gasteiger partial charge in [-0.05, 0) is 149 Å². The van der Waals surface area contributed by atoms with Crippen LogP contribution in [0.4, 0.5) is 0 Å². The molecule has 0 spiro atoms. The van der Waals surface area contributed by atoms with E-state index in [0.717, 1.165) is 30.9 Å². The minimum absolute atomic E-state index is 0.240. The van der Waals surface area contributed by atoms with Crippen LogP contribution in [-0.4, -0.2) is 23.6 Å². The summed E-state index contributed by atoms with van der Waals surface area (Å²) in [5, 5.41) is 0. The van der Waals surface area contributed by atoms with E-state index in [1.807, 2.05) is 84.0 Å². The van der Waals surface area contributed by atoms with Gasteiger partial charge in [0, 0.05) is 5.75 Å². The van der Waals surface area contributed by atoms with Crippen LogP contribution < -0.4 is 0 Å². The normalized spacial score (nSPS) is 17.7. The SMILES string of the molecule is CCCC(=CCCCC=C(CSSSSSC)CC1CCCC1Cc1ccc(C(=O)OC(C)(C)C)cc1)Cc1ccccc1. The maximum absolute atomic E-state index is 12.5. The first-order valence-corrected chi connectivity index (χ1v) is 22.9. The predicted octanol–water partition coefficient (Wildman–Crippen LogP) is 13.0. The molecule has 7 heteroatoms. The number of hydrogen-bond donors (Lipinski definition) is 0. The van der Waals surface area contributed by atoms with E-state index in [4.69, 9.17) is 4.74 Å². The summed E-state index contributed by atoms with van der Waals surface area (Å²) < 4.78 is 5.55. The highest BCUT2D eigenvalue weighted by Crippen LogP contribution is 2.48. The van der Waals surface area contributed by atoms with Crippen LogP contribution >= 0.6 is 51.1 Å². The number of hydrogen-bond acceptors (Lipinski definition) is 7. The molecule has 44 heavy (non-hydrogen) atoms. The standard InChI is InChI=1S/C37H52O2S5/c1-6-14-29(25-30-16-10-7-11-17-30)15-9-8-12-18-32(28-41-43-44-42-40-5)27-35-20-13-19-34(35)26-31-21-23-33(24-22-31)36(38)39-37(2,3)4/h7,10-11,15-18,21-24,34-35H,6,8-9,12-14,19-20,25-28H2,1-5H3. The molecule has 242 valence electrons. The lowest BCUT2D eigenvalue weighted by atomic mass is 9.85. The summed E-state index contributed by atoms with van der Waals surface area (Å²) in [6, 6.07) is 19.1. The summed E-state index contributed by atoms with van der Waals surface area (Å²) >= 11 is 0. The zero-order valence-corrected chi connectivity index (χ0v) is 31.4. The Morgan fingerprint density at radius 3 is 2.27 bits per heavy atom. The van der Waals surface area contributed by atoms with Crippen molar-refractivity contribution in [3.05, 3.63) is 94.6 Å². The lowest BCUT2D eigenvalue weighted by Gasteiger charge is -2.22. The lowest BCUT2D eigenvalue weighted by Crippen LogP contribution is -2.23. The van der Waals surface area contributed by atoms with Gasteiger partial charge in [-0.25, -0.2) is 4.79 Å². The van der Waals surface area contributed by atoms with Crippen molar-refractivity contribution in [2.24, 2.45) is 11.8 Å². The van der Waals surface area contributed by atoms with Gasteiger partial charge in [0.25, 0.3) is 0 Å². The van der Waals surface area contributed by atoms with Crippen molar-refractivity contribution >= 4 is 57.0 Å². The molecule has 2 unspecified atom stereocenters. The van der Waals surface area contributed by atoms with Gasteiger partial charge in [-0.2, -0.15) is 0 Å². The van der Waals surface area contributed by atoms with Gasteiger partial charge < -0.3 is 4.74 Å². The second-order valence-corrected chi connectivity index (χ2v) is 20.6. The number of rotatable bonds is 19. The fraction of sp³-hybridized carbons (Fsp3) is 0.541. The minimum atomic E-state index is -0.474. The minimum Gasteiger partial charge on any atom is -0.456 e. The Bertz CT molecular complexity index is 1150. The van der Waals surface area contributed by atoms with E-state index >= 15 is 0 Å². The van der Waals surface area contributed by atoms with Crippen LogP contribution in [0.2, 0.25) is 0 Å². The number of ether oxygens (including phenoxy) is 1. The van der Waals surface area contributed by atoms with Gasteiger partial charge in [-0.15, -0.1) is 0 Å². The average molecular weight is 689 g/mol. The third kappa shape index (κ3) is 15.2. The molecule has 0 saturated heterocycles. The molecule has 1 saturated carbocycles. The highest BCUT2D eigenvalue weighted by atomic mass is 33.8. The number of allylic oxidation sites excluding steroid dienone is 3. The molecule has 0 aliphatic heterocycles. The van der Waals surface area contributed by atoms with Crippen LogP contribution in [0.25, 0.3) is 0 Å². The van der Waals surface area contributed by atoms with E-state index < -0.39 is 5.60 Å². The van der Waals surface area contributed by atoms with E-state index in [0.29, 0.717) is 11.5 Å². The molecule has 0 bridgehead atoms. The largest absolute Gasteiger partial charge is 0.456 e. The average Bonchev–Trinajstić information content (AvgIpc) is 3.42. The molecule has 1 aliphatic carbocycles. The predicted molar refractivity (Wildman–Crippen MR) is 205 cm³/mol. The maximum Gasteiger partial charge on any atom is 0.338 e. The summed E-state index contributed by atoms with van der Waals surface area (Å²) in [5.41, 5.74) is 6.15. The van der Waals surface area contributed by atoms with Crippen molar-refractivity contribution in [2.75, 3.05) is 12.0 Å². The number of unbranched alkanes of at least 4 members (excludes halogenated alkanes) is 2. The Hall–Kier alpha value is -0.860. The van der Waals surface area contributed by atoms with Gasteiger partial charge in [0.2, 0.25) is 0 Å². The van der Waals surface area contributed by atoms with Gasteiger partial charge in [-0.3, -0.25) is 0 Å². The smallest absolute Gasteiger partial charge is 0.338 e. The fourth-order valence-electron chi connectivity index (χ4n) is 5.94. The van der Waals surface area contributed by atoms with Crippen molar-refractivity contribution in [1.29, 1.82) is 0 Å². The number of esters is 1. The zero-order chi connectivity index (χ0) is 31.6. The van der Waals surface area contributed by atoms with Gasteiger partial charge in [-0.1, -0.05) is 107 Å². The van der Waals surface area contributed by atoms with Crippen molar-refractivity contribution in [1.82, 2.24) is 0 Å². The van der Waals surface area contributed by atoms with E-state index in [9.17, 15) is 4.79 Å². The van der Waals surface area contributed by atoms with Crippen molar-refractivity contribution in [3.8, 4) is 0 Å². The Morgan fingerprint density at radius 2 is 1.59 bits per heavy atom. The molecule has 3 rings (SSSR count). The molecule has 0 N–H and O–H groups in total. The van der Waals surface area contributed by atoms with Crippen LogP contribution in [0, 0.1) is 11.8 Å². The third-order valence-corrected chi connectivity index (χ3v) is 16.3. The number of carbonyl (C=O) groups excluding carboxylic acids is 1. The molecule has 0 radical (unpaired) electrons. The summed E-state index contributed by atoms with van der Waals surface area (Å²) in [7, 11) is 9.46. The highest BCUT2D eigenvalue weighted by molar-refractivity contribution is 9.35. The molecule has 2 nitrogen and oxygen atoms in total. The fourth-order valence-corrected chi connectivity index (χ4v) is 13.9. The monoisotopic (exact) mass is 688 g/mol. The van der Waals surface area contributed by atoms with Crippen LogP contribution in [0.3, 0.4) is 0 Å². The van der Waals surface area contributed by atoms with E-state index in [2.05, 4.69) is 67.8 Å². The molecule has 1 aliphatic rings. The Balaban J connectivity index is 1.57. The summed E-state index contributed by atoms with van der Waals surface area (Å²) in [6.45, 7) is 8.02. The molecular formula is C37H52O2S5. The first kappa shape index (κ1) is 37.6.